The Morgan fingerprint density at radius 3 is 2.92 bits per heavy atom. The third-order valence-corrected chi connectivity index (χ3v) is 2.32. The van der Waals surface area contributed by atoms with Crippen molar-refractivity contribution in [2.24, 2.45) is 0 Å². The van der Waals surface area contributed by atoms with E-state index in [0.717, 1.165) is 25.1 Å². The van der Waals surface area contributed by atoms with Gasteiger partial charge in [-0.3, -0.25) is 4.98 Å². The van der Waals surface area contributed by atoms with Crippen LogP contribution in [0.2, 0.25) is 0 Å². The van der Waals surface area contributed by atoms with Crippen LogP contribution < -0.4 is 11.5 Å². The molecular formula is C9H13N3O. The monoisotopic (exact) mass is 179 g/mol. The standard InChI is InChI=1S/C9H13N3O/c10-7-1-3-12-8(9(7)11)5-6-2-4-13-6/h1,3,6H,2,4-5,11H2,(H2,10,12). The van der Waals surface area contributed by atoms with E-state index in [0.29, 0.717) is 11.4 Å². The molecule has 0 bridgehead atoms. The van der Waals surface area contributed by atoms with Gasteiger partial charge in [0.05, 0.1) is 23.2 Å². The van der Waals surface area contributed by atoms with Gasteiger partial charge in [0.15, 0.2) is 0 Å². The van der Waals surface area contributed by atoms with E-state index in [1.165, 1.54) is 0 Å². The predicted molar refractivity (Wildman–Crippen MR) is 51.1 cm³/mol. The lowest BCUT2D eigenvalue weighted by molar-refractivity contribution is -0.0495. The normalized spacial score (nSPS) is 21.1. The predicted octanol–water partition coefficient (Wildman–Crippen LogP) is 0.577. The second-order valence-corrected chi connectivity index (χ2v) is 3.25. The van der Waals surface area contributed by atoms with Crippen LogP contribution in [0.4, 0.5) is 11.4 Å². The summed E-state index contributed by atoms with van der Waals surface area (Å²) in [6.45, 7) is 0.854. The number of anilines is 2. The van der Waals surface area contributed by atoms with Gasteiger partial charge in [0.25, 0.3) is 0 Å². The Kier molecular flexibility index (Phi) is 2.06. The fraction of sp³-hybridized carbons (Fsp3) is 0.444. The maximum atomic E-state index is 5.77. The van der Waals surface area contributed by atoms with Crippen LogP contribution in [0.5, 0.6) is 0 Å². The van der Waals surface area contributed by atoms with Gasteiger partial charge in [-0.15, -0.1) is 0 Å². The molecule has 0 spiro atoms. The molecule has 1 atom stereocenters. The van der Waals surface area contributed by atoms with Gasteiger partial charge in [-0.2, -0.15) is 0 Å². The smallest absolute Gasteiger partial charge is 0.0767 e. The Bertz CT molecular complexity index is 310. The summed E-state index contributed by atoms with van der Waals surface area (Å²) in [5.41, 5.74) is 13.5. The average Bonchev–Trinajstić information content (AvgIpc) is 2.04. The average molecular weight is 179 g/mol. The van der Waals surface area contributed by atoms with Crippen LogP contribution in [-0.2, 0) is 11.2 Å². The molecule has 0 amide bonds. The summed E-state index contributed by atoms with van der Waals surface area (Å²) < 4.78 is 5.29. The van der Waals surface area contributed by atoms with Crippen LogP contribution in [0.1, 0.15) is 12.1 Å². The Balaban J connectivity index is 2.14. The second-order valence-electron chi connectivity index (χ2n) is 3.25. The topological polar surface area (TPSA) is 74.2 Å². The van der Waals surface area contributed by atoms with E-state index in [-0.39, 0.29) is 6.10 Å². The SMILES string of the molecule is Nc1ccnc(CC2CCO2)c1N. The summed E-state index contributed by atoms with van der Waals surface area (Å²) in [5, 5.41) is 0. The Hall–Kier alpha value is -1.29. The zero-order valence-electron chi connectivity index (χ0n) is 7.36. The zero-order chi connectivity index (χ0) is 9.26. The number of hydrogen-bond donors (Lipinski definition) is 2. The summed E-state index contributed by atoms with van der Waals surface area (Å²) in [4.78, 5) is 4.18. The summed E-state index contributed by atoms with van der Waals surface area (Å²) in [5.74, 6) is 0. The number of rotatable bonds is 2. The van der Waals surface area contributed by atoms with Gasteiger partial charge in [-0.1, -0.05) is 0 Å². The largest absolute Gasteiger partial charge is 0.397 e. The van der Waals surface area contributed by atoms with Gasteiger partial charge in [-0.05, 0) is 12.5 Å². The highest BCUT2D eigenvalue weighted by Gasteiger charge is 2.20. The Morgan fingerprint density at radius 1 is 1.54 bits per heavy atom. The molecule has 2 rings (SSSR count). The molecule has 0 aliphatic carbocycles. The molecular weight excluding hydrogens is 166 g/mol. The van der Waals surface area contributed by atoms with Crippen LogP contribution in [0, 0.1) is 0 Å². The van der Waals surface area contributed by atoms with Crippen molar-refractivity contribution in [1.82, 2.24) is 4.98 Å². The first-order valence-corrected chi connectivity index (χ1v) is 4.38. The number of nitrogens with zero attached hydrogens (tertiary/aromatic N) is 1. The molecule has 0 radical (unpaired) electrons. The molecule has 4 N–H and O–H groups in total. The van der Waals surface area contributed by atoms with Gasteiger partial charge < -0.3 is 16.2 Å². The van der Waals surface area contributed by atoms with Crippen molar-refractivity contribution < 1.29 is 4.74 Å². The number of nitrogen functional groups attached to an aromatic ring is 2. The first-order chi connectivity index (χ1) is 6.27. The maximum Gasteiger partial charge on any atom is 0.0767 e. The van der Waals surface area contributed by atoms with E-state index < -0.39 is 0 Å². The minimum atomic E-state index is 0.289. The zero-order valence-corrected chi connectivity index (χ0v) is 7.36. The summed E-state index contributed by atoms with van der Waals surface area (Å²) >= 11 is 0. The molecule has 1 aliphatic heterocycles. The van der Waals surface area contributed by atoms with E-state index in [1.807, 2.05) is 0 Å². The van der Waals surface area contributed by atoms with Crippen molar-refractivity contribution in [1.29, 1.82) is 0 Å². The molecule has 13 heavy (non-hydrogen) atoms. The van der Waals surface area contributed by atoms with Crippen molar-refractivity contribution >= 4 is 11.4 Å². The van der Waals surface area contributed by atoms with E-state index in [1.54, 1.807) is 12.3 Å². The van der Waals surface area contributed by atoms with E-state index in [2.05, 4.69) is 4.98 Å². The maximum absolute atomic E-state index is 5.77. The fourth-order valence-corrected chi connectivity index (χ4v) is 1.36. The Morgan fingerprint density at radius 2 is 2.31 bits per heavy atom. The number of aromatic nitrogens is 1. The van der Waals surface area contributed by atoms with Crippen LogP contribution in [-0.4, -0.2) is 17.7 Å². The molecule has 1 aromatic rings. The first kappa shape index (κ1) is 8.31. The summed E-state index contributed by atoms with van der Waals surface area (Å²) in [7, 11) is 0. The van der Waals surface area contributed by atoms with Crippen molar-refractivity contribution in [3.8, 4) is 0 Å². The van der Waals surface area contributed by atoms with Crippen LogP contribution in [0.3, 0.4) is 0 Å². The summed E-state index contributed by atoms with van der Waals surface area (Å²) in [6, 6.07) is 1.71. The lowest BCUT2D eigenvalue weighted by Gasteiger charge is -2.26. The molecule has 1 aliphatic rings. The van der Waals surface area contributed by atoms with Crippen molar-refractivity contribution in [3.05, 3.63) is 18.0 Å². The number of pyridine rings is 1. The van der Waals surface area contributed by atoms with Crippen LogP contribution >= 0.6 is 0 Å². The van der Waals surface area contributed by atoms with Gasteiger partial charge in [0.1, 0.15) is 0 Å². The number of nitrogens with two attached hydrogens (primary N) is 2. The molecule has 4 nitrogen and oxygen atoms in total. The lowest BCUT2D eigenvalue weighted by Crippen LogP contribution is -2.29. The van der Waals surface area contributed by atoms with Crippen molar-refractivity contribution in [3.63, 3.8) is 0 Å². The molecule has 0 saturated carbocycles. The number of ether oxygens (including phenoxy) is 1. The third kappa shape index (κ3) is 1.58. The highest BCUT2D eigenvalue weighted by Crippen LogP contribution is 2.22. The van der Waals surface area contributed by atoms with E-state index in [9.17, 15) is 0 Å². The van der Waals surface area contributed by atoms with E-state index in [4.69, 9.17) is 16.2 Å². The van der Waals surface area contributed by atoms with Crippen molar-refractivity contribution in [2.75, 3.05) is 18.1 Å². The van der Waals surface area contributed by atoms with Gasteiger partial charge in [-0.25, -0.2) is 0 Å². The molecule has 1 saturated heterocycles. The second kappa shape index (κ2) is 3.22. The fourth-order valence-electron chi connectivity index (χ4n) is 1.36. The van der Waals surface area contributed by atoms with Gasteiger partial charge in [0, 0.05) is 19.2 Å². The molecule has 0 aromatic carbocycles. The number of hydrogen-bond acceptors (Lipinski definition) is 4. The Labute approximate surface area is 76.9 Å². The molecule has 1 aromatic heterocycles. The third-order valence-electron chi connectivity index (χ3n) is 2.32. The van der Waals surface area contributed by atoms with Crippen LogP contribution in [0.25, 0.3) is 0 Å². The molecule has 4 heteroatoms. The highest BCUT2D eigenvalue weighted by molar-refractivity contribution is 5.64. The highest BCUT2D eigenvalue weighted by atomic mass is 16.5. The first-order valence-electron chi connectivity index (χ1n) is 4.38. The van der Waals surface area contributed by atoms with Crippen molar-refractivity contribution in [2.45, 2.75) is 18.9 Å². The quantitative estimate of drug-likeness (QED) is 0.696. The van der Waals surface area contributed by atoms with Crippen LogP contribution in [0.15, 0.2) is 12.3 Å². The molecule has 70 valence electrons. The molecule has 1 unspecified atom stereocenters. The minimum absolute atomic E-state index is 0.289. The lowest BCUT2D eigenvalue weighted by atomic mass is 10.1. The van der Waals surface area contributed by atoms with E-state index >= 15 is 0 Å². The summed E-state index contributed by atoms with van der Waals surface area (Å²) in [6.07, 6.45) is 3.84. The minimum Gasteiger partial charge on any atom is -0.397 e. The van der Waals surface area contributed by atoms with Gasteiger partial charge in [0.2, 0.25) is 0 Å². The molecule has 1 fully saturated rings. The molecule has 2 heterocycles. The van der Waals surface area contributed by atoms with Gasteiger partial charge >= 0.3 is 0 Å².